The lowest BCUT2D eigenvalue weighted by atomic mass is 10.1. The Labute approximate surface area is 79.1 Å². The minimum atomic E-state index is -4.31. The molecule has 2 heterocycles. The van der Waals surface area contributed by atoms with Gasteiger partial charge in [0.15, 0.2) is 0 Å². The van der Waals surface area contributed by atoms with E-state index in [9.17, 15) is 13.2 Å². The molecule has 14 heavy (non-hydrogen) atoms. The van der Waals surface area contributed by atoms with Gasteiger partial charge in [-0.15, -0.1) is 0 Å². The molecule has 1 aromatic heterocycles. The van der Waals surface area contributed by atoms with Crippen LogP contribution in [-0.4, -0.2) is 6.54 Å². The van der Waals surface area contributed by atoms with Gasteiger partial charge in [0.25, 0.3) is 0 Å². The second kappa shape index (κ2) is 3.31. The van der Waals surface area contributed by atoms with Gasteiger partial charge in [-0.1, -0.05) is 0 Å². The Morgan fingerprint density at radius 1 is 1.43 bits per heavy atom. The first-order valence-corrected chi connectivity index (χ1v) is 4.47. The summed E-state index contributed by atoms with van der Waals surface area (Å²) in [7, 11) is 0. The first kappa shape index (κ1) is 9.58. The van der Waals surface area contributed by atoms with Crippen LogP contribution in [0.4, 0.5) is 13.2 Å². The van der Waals surface area contributed by atoms with Gasteiger partial charge in [0.1, 0.15) is 5.76 Å². The number of alkyl halides is 3. The molecule has 1 aromatic rings. The highest BCUT2D eigenvalue weighted by atomic mass is 19.4. The molecule has 78 valence electrons. The third kappa shape index (κ3) is 1.64. The zero-order valence-corrected chi connectivity index (χ0v) is 7.40. The summed E-state index contributed by atoms with van der Waals surface area (Å²) >= 11 is 0. The van der Waals surface area contributed by atoms with Gasteiger partial charge in [-0.3, -0.25) is 0 Å². The smallest absolute Gasteiger partial charge is 0.419 e. The van der Waals surface area contributed by atoms with Crippen LogP contribution in [0.3, 0.4) is 0 Å². The number of rotatable bonds is 1. The van der Waals surface area contributed by atoms with Gasteiger partial charge < -0.3 is 9.73 Å². The molecule has 2 rings (SSSR count). The summed E-state index contributed by atoms with van der Waals surface area (Å²) in [6.07, 6.45) is -1.62. The lowest BCUT2D eigenvalue weighted by Gasteiger charge is -2.11. The predicted octanol–water partition coefficient (Wildman–Crippen LogP) is 2.72. The van der Waals surface area contributed by atoms with Gasteiger partial charge >= 0.3 is 6.18 Å². The van der Waals surface area contributed by atoms with Crippen molar-refractivity contribution in [3.63, 3.8) is 0 Å². The maximum Gasteiger partial charge on any atom is 0.419 e. The van der Waals surface area contributed by atoms with Gasteiger partial charge in [0.05, 0.1) is 17.9 Å². The Morgan fingerprint density at radius 2 is 2.21 bits per heavy atom. The predicted molar refractivity (Wildman–Crippen MR) is 43.7 cm³/mol. The van der Waals surface area contributed by atoms with Crippen molar-refractivity contribution in [1.29, 1.82) is 0 Å². The van der Waals surface area contributed by atoms with Crippen molar-refractivity contribution in [1.82, 2.24) is 5.32 Å². The normalized spacial score (nSPS) is 22.9. The monoisotopic (exact) mass is 205 g/mol. The first-order valence-electron chi connectivity index (χ1n) is 4.47. The summed E-state index contributed by atoms with van der Waals surface area (Å²) in [6.45, 7) is 0.753. The summed E-state index contributed by atoms with van der Waals surface area (Å²) < 4.78 is 42.2. The van der Waals surface area contributed by atoms with E-state index >= 15 is 0 Å². The van der Waals surface area contributed by atoms with E-state index < -0.39 is 11.7 Å². The van der Waals surface area contributed by atoms with E-state index in [-0.39, 0.29) is 11.8 Å². The third-order valence-electron chi connectivity index (χ3n) is 2.38. The fraction of sp³-hybridized carbons (Fsp3) is 0.556. The zero-order valence-electron chi connectivity index (χ0n) is 7.40. The van der Waals surface area contributed by atoms with Gasteiger partial charge in [-0.25, -0.2) is 0 Å². The maximum absolute atomic E-state index is 12.4. The van der Waals surface area contributed by atoms with Crippen molar-refractivity contribution in [2.45, 2.75) is 25.1 Å². The second-order valence-electron chi connectivity index (χ2n) is 3.35. The van der Waals surface area contributed by atoms with E-state index in [2.05, 4.69) is 5.32 Å². The highest BCUT2D eigenvalue weighted by Gasteiger charge is 2.38. The molecular weight excluding hydrogens is 195 g/mol. The Balaban J connectivity index is 2.29. The van der Waals surface area contributed by atoms with E-state index in [1.54, 1.807) is 0 Å². The molecule has 1 N–H and O–H groups in total. The Kier molecular flexibility index (Phi) is 2.26. The fourth-order valence-electron chi connectivity index (χ4n) is 1.73. The van der Waals surface area contributed by atoms with Gasteiger partial charge in [0.2, 0.25) is 0 Å². The quantitative estimate of drug-likeness (QED) is 0.762. The number of hydrogen-bond donors (Lipinski definition) is 1. The molecule has 1 atom stereocenters. The minimum Gasteiger partial charge on any atom is -0.467 e. The molecule has 1 fully saturated rings. The standard InChI is InChI=1S/C9H10F3NO/c10-9(11,12)6-3-5-14-8(6)7-2-1-4-13-7/h3,5,7,13H,1-2,4H2. The average molecular weight is 205 g/mol. The maximum atomic E-state index is 12.4. The minimum absolute atomic E-state index is 0.0231. The molecule has 0 radical (unpaired) electrons. The molecule has 1 aliphatic rings. The van der Waals surface area contributed by atoms with Crippen LogP contribution in [0.5, 0.6) is 0 Å². The highest BCUT2D eigenvalue weighted by Crippen LogP contribution is 2.37. The molecular formula is C9H10F3NO. The van der Waals surface area contributed by atoms with Crippen LogP contribution < -0.4 is 5.32 Å². The summed E-state index contributed by atoms with van der Waals surface area (Å²) in [4.78, 5) is 0. The van der Waals surface area contributed by atoms with Crippen molar-refractivity contribution in [3.05, 3.63) is 23.7 Å². The number of furan rings is 1. The molecule has 1 unspecified atom stereocenters. The molecule has 0 aliphatic carbocycles. The summed E-state index contributed by atoms with van der Waals surface area (Å²) in [5.74, 6) is 0.0231. The average Bonchev–Trinajstić information content (AvgIpc) is 2.73. The van der Waals surface area contributed by atoms with Crippen molar-refractivity contribution >= 4 is 0 Å². The van der Waals surface area contributed by atoms with Gasteiger partial charge in [-0.05, 0) is 25.5 Å². The Hall–Kier alpha value is -0.970. The zero-order chi connectivity index (χ0) is 10.2. The summed E-state index contributed by atoms with van der Waals surface area (Å²) in [5.41, 5.74) is -0.656. The molecule has 0 saturated carbocycles. The highest BCUT2D eigenvalue weighted by molar-refractivity contribution is 5.24. The van der Waals surface area contributed by atoms with E-state index in [4.69, 9.17) is 4.42 Å². The lowest BCUT2D eigenvalue weighted by Crippen LogP contribution is -2.16. The molecule has 5 heteroatoms. The van der Waals surface area contributed by atoms with E-state index in [1.165, 1.54) is 0 Å². The van der Waals surface area contributed by atoms with E-state index in [0.29, 0.717) is 6.42 Å². The topological polar surface area (TPSA) is 25.2 Å². The molecule has 1 saturated heterocycles. The Morgan fingerprint density at radius 3 is 2.79 bits per heavy atom. The molecule has 0 bridgehead atoms. The van der Waals surface area contributed by atoms with Crippen molar-refractivity contribution in [2.75, 3.05) is 6.54 Å². The van der Waals surface area contributed by atoms with Gasteiger partial charge in [0, 0.05) is 0 Å². The largest absolute Gasteiger partial charge is 0.467 e. The molecule has 0 spiro atoms. The van der Waals surface area contributed by atoms with Gasteiger partial charge in [-0.2, -0.15) is 13.2 Å². The molecule has 2 nitrogen and oxygen atoms in total. The molecule has 0 aromatic carbocycles. The van der Waals surface area contributed by atoms with Crippen LogP contribution >= 0.6 is 0 Å². The number of halogens is 3. The SMILES string of the molecule is FC(F)(F)c1ccoc1C1CCCN1. The van der Waals surface area contributed by atoms with Crippen molar-refractivity contribution in [2.24, 2.45) is 0 Å². The fourth-order valence-corrected chi connectivity index (χ4v) is 1.73. The third-order valence-corrected chi connectivity index (χ3v) is 2.38. The van der Waals surface area contributed by atoms with Crippen LogP contribution in [0.2, 0.25) is 0 Å². The van der Waals surface area contributed by atoms with E-state index in [0.717, 1.165) is 25.3 Å². The number of hydrogen-bond acceptors (Lipinski definition) is 2. The second-order valence-corrected chi connectivity index (χ2v) is 3.35. The van der Waals surface area contributed by atoms with Crippen LogP contribution in [-0.2, 0) is 6.18 Å². The molecule has 1 aliphatic heterocycles. The van der Waals surface area contributed by atoms with Crippen molar-refractivity contribution < 1.29 is 17.6 Å². The molecule has 0 amide bonds. The van der Waals surface area contributed by atoms with Crippen LogP contribution in [0, 0.1) is 0 Å². The van der Waals surface area contributed by atoms with Crippen LogP contribution in [0.25, 0.3) is 0 Å². The summed E-state index contributed by atoms with van der Waals surface area (Å²) in [6, 6.07) is 0.705. The lowest BCUT2D eigenvalue weighted by molar-refractivity contribution is -0.139. The van der Waals surface area contributed by atoms with Crippen LogP contribution in [0.1, 0.15) is 30.2 Å². The first-order chi connectivity index (χ1) is 6.59. The van der Waals surface area contributed by atoms with Crippen LogP contribution in [0.15, 0.2) is 16.7 Å². The Bertz CT molecular complexity index is 312. The summed E-state index contributed by atoms with van der Waals surface area (Å²) in [5, 5.41) is 2.98. The van der Waals surface area contributed by atoms with Crippen molar-refractivity contribution in [3.8, 4) is 0 Å². The van der Waals surface area contributed by atoms with E-state index in [1.807, 2.05) is 0 Å². The number of nitrogens with one attached hydrogen (secondary N) is 1.